The van der Waals surface area contributed by atoms with E-state index in [1.165, 1.54) is 12.1 Å². The molecule has 1 aromatic rings. The molecule has 0 bridgehead atoms. The Labute approximate surface area is 173 Å². The molecule has 12 heteroatoms. The van der Waals surface area contributed by atoms with E-state index in [9.17, 15) is 31.5 Å². The lowest BCUT2D eigenvalue weighted by molar-refractivity contribution is -0.192. The zero-order valence-electron chi connectivity index (χ0n) is 16.1. The van der Waals surface area contributed by atoms with Crippen LogP contribution in [0.3, 0.4) is 0 Å². The topological polar surface area (TPSA) is 108 Å². The molecule has 1 spiro atoms. The van der Waals surface area contributed by atoms with Gasteiger partial charge in [-0.3, -0.25) is 14.9 Å². The molecule has 4 N–H and O–H groups in total. The molecule has 3 fully saturated rings. The van der Waals surface area contributed by atoms with Crippen LogP contribution < -0.4 is 16.0 Å². The molecule has 1 aromatic carbocycles. The maximum atomic E-state index is 14.4. The number of carboxylic acids is 1. The molecule has 1 aliphatic carbocycles. The molecule has 4 rings (SSSR count). The van der Waals surface area contributed by atoms with Crippen LogP contribution in [0.15, 0.2) is 12.1 Å². The van der Waals surface area contributed by atoms with Crippen molar-refractivity contribution in [3.63, 3.8) is 0 Å². The number of amides is 2. The van der Waals surface area contributed by atoms with Gasteiger partial charge in [0.25, 0.3) is 0 Å². The van der Waals surface area contributed by atoms with Crippen molar-refractivity contribution >= 4 is 23.5 Å². The molecule has 31 heavy (non-hydrogen) atoms. The lowest BCUT2D eigenvalue weighted by Gasteiger charge is -2.54. The van der Waals surface area contributed by atoms with Crippen LogP contribution in [-0.4, -0.2) is 48.2 Å². The van der Waals surface area contributed by atoms with Gasteiger partial charge >= 0.3 is 12.1 Å². The van der Waals surface area contributed by atoms with Crippen molar-refractivity contribution in [1.29, 1.82) is 0 Å². The Kier molecular flexibility index (Phi) is 6.21. The number of carboxylic acid groups (broad SMARTS) is 1. The second-order valence-electron chi connectivity index (χ2n) is 8.01. The van der Waals surface area contributed by atoms with Crippen LogP contribution in [0, 0.1) is 17.0 Å². The van der Waals surface area contributed by atoms with Crippen LogP contribution in [0.4, 0.5) is 27.6 Å². The van der Waals surface area contributed by atoms with Crippen LogP contribution in [0.1, 0.15) is 37.2 Å². The molecule has 2 heterocycles. The second-order valence-corrected chi connectivity index (χ2v) is 8.01. The Bertz CT molecular complexity index is 870. The average molecular weight is 449 g/mol. The summed E-state index contributed by atoms with van der Waals surface area (Å²) in [7, 11) is 0. The van der Waals surface area contributed by atoms with Gasteiger partial charge in [-0.25, -0.2) is 13.6 Å². The van der Waals surface area contributed by atoms with Crippen molar-refractivity contribution < 1.29 is 41.4 Å². The number of rotatable bonds is 3. The van der Waals surface area contributed by atoms with Gasteiger partial charge in [-0.2, -0.15) is 13.2 Å². The van der Waals surface area contributed by atoms with Gasteiger partial charge in [-0.1, -0.05) is 0 Å². The van der Waals surface area contributed by atoms with E-state index in [1.54, 1.807) is 0 Å². The summed E-state index contributed by atoms with van der Waals surface area (Å²) < 4.78 is 60.6. The van der Waals surface area contributed by atoms with Crippen molar-refractivity contribution in [3.8, 4) is 0 Å². The highest BCUT2D eigenvalue weighted by molar-refractivity contribution is 6.01. The number of anilines is 1. The first-order valence-corrected chi connectivity index (χ1v) is 9.50. The summed E-state index contributed by atoms with van der Waals surface area (Å²) in [5.74, 6) is -4.76. The molecule has 0 aromatic heterocycles. The van der Waals surface area contributed by atoms with Crippen molar-refractivity contribution in [1.82, 2.24) is 10.6 Å². The quantitative estimate of drug-likeness (QED) is 0.417. The molecule has 2 saturated heterocycles. The summed E-state index contributed by atoms with van der Waals surface area (Å²) in [6.07, 6.45) is -2.93. The smallest absolute Gasteiger partial charge is 0.475 e. The lowest BCUT2D eigenvalue weighted by Crippen LogP contribution is -2.59. The van der Waals surface area contributed by atoms with E-state index < -0.39 is 35.7 Å². The van der Waals surface area contributed by atoms with Gasteiger partial charge in [0, 0.05) is 30.8 Å². The summed E-state index contributed by atoms with van der Waals surface area (Å²) in [4.78, 5) is 31.8. The summed E-state index contributed by atoms with van der Waals surface area (Å²) in [6.45, 7) is 1.86. The number of halogens is 5. The Morgan fingerprint density at radius 1 is 1.13 bits per heavy atom. The predicted molar refractivity (Wildman–Crippen MR) is 97.1 cm³/mol. The first-order valence-electron chi connectivity index (χ1n) is 9.50. The number of aliphatic carboxylic acids is 1. The summed E-state index contributed by atoms with van der Waals surface area (Å²) in [5.41, 5.74) is 0.622. The molecule has 2 aliphatic heterocycles. The second kappa shape index (κ2) is 8.40. The van der Waals surface area contributed by atoms with Gasteiger partial charge in [0.05, 0.1) is 0 Å². The Morgan fingerprint density at radius 3 is 2.10 bits per heavy atom. The highest BCUT2D eigenvalue weighted by atomic mass is 19.4. The highest BCUT2D eigenvalue weighted by Crippen LogP contribution is 2.54. The number of carbonyl (C=O) groups excluding carboxylic acids is 2. The van der Waals surface area contributed by atoms with E-state index in [0.29, 0.717) is 6.42 Å². The van der Waals surface area contributed by atoms with Crippen molar-refractivity contribution in [3.05, 3.63) is 29.3 Å². The van der Waals surface area contributed by atoms with Crippen LogP contribution in [0.25, 0.3) is 0 Å². The fourth-order valence-electron chi connectivity index (χ4n) is 4.05. The molecule has 1 saturated carbocycles. The third kappa shape index (κ3) is 5.12. The molecule has 2 amide bonds. The molecular weight excluding hydrogens is 429 g/mol. The fourth-order valence-corrected chi connectivity index (χ4v) is 4.05. The van der Waals surface area contributed by atoms with Crippen LogP contribution in [-0.2, 0) is 14.4 Å². The molecule has 3 aliphatic rings. The van der Waals surface area contributed by atoms with E-state index in [0.717, 1.165) is 25.9 Å². The van der Waals surface area contributed by atoms with E-state index >= 15 is 0 Å². The Hall–Kier alpha value is -2.76. The number of hydrogen-bond acceptors (Lipinski definition) is 5. The van der Waals surface area contributed by atoms with Crippen molar-refractivity contribution in [2.75, 3.05) is 18.4 Å². The molecule has 1 unspecified atom stereocenters. The Balaban J connectivity index is 0.000000339. The minimum Gasteiger partial charge on any atom is -0.475 e. The van der Waals surface area contributed by atoms with Gasteiger partial charge in [-0.05, 0) is 42.7 Å². The van der Waals surface area contributed by atoms with Gasteiger partial charge in [0.2, 0.25) is 11.8 Å². The summed E-state index contributed by atoms with van der Waals surface area (Å²) in [5, 5.41) is 15.4. The van der Waals surface area contributed by atoms with Gasteiger partial charge in [-0.15, -0.1) is 0 Å². The normalized spacial score (nSPS) is 22.5. The fraction of sp³-hybridized carbons (Fsp3) is 0.526. The number of alkyl halides is 3. The number of nitrogens with one attached hydrogen (secondary N) is 3. The van der Waals surface area contributed by atoms with Crippen LogP contribution >= 0.6 is 0 Å². The van der Waals surface area contributed by atoms with Gasteiger partial charge < -0.3 is 15.7 Å². The first kappa shape index (κ1) is 22.9. The number of piperidine rings is 1. The van der Waals surface area contributed by atoms with Crippen LogP contribution in [0.5, 0.6) is 0 Å². The molecule has 7 nitrogen and oxygen atoms in total. The van der Waals surface area contributed by atoms with Crippen molar-refractivity contribution in [2.45, 2.75) is 43.8 Å². The molecule has 0 radical (unpaired) electrons. The summed E-state index contributed by atoms with van der Waals surface area (Å²) in [6, 6.07) is 1.83. The maximum Gasteiger partial charge on any atom is 0.490 e. The number of hydrogen-bond donors (Lipinski definition) is 4. The first-order chi connectivity index (χ1) is 14.4. The summed E-state index contributed by atoms with van der Waals surface area (Å²) >= 11 is 0. The third-order valence-electron chi connectivity index (χ3n) is 5.67. The van der Waals surface area contributed by atoms with E-state index in [4.69, 9.17) is 9.90 Å². The van der Waals surface area contributed by atoms with Crippen LogP contribution in [0.2, 0.25) is 0 Å². The monoisotopic (exact) mass is 449 g/mol. The minimum absolute atomic E-state index is 0.0725. The van der Waals surface area contributed by atoms with E-state index in [1.807, 2.05) is 0 Å². The third-order valence-corrected chi connectivity index (χ3v) is 5.67. The Morgan fingerprint density at radius 2 is 1.68 bits per heavy atom. The largest absolute Gasteiger partial charge is 0.490 e. The van der Waals surface area contributed by atoms with Crippen molar-refractivity contribution in [2.24, 2.45) is 5.41 Å². The van der Waals surface area contributed by atoms with E-state index in [2.05, 4.69) is 16.0 Å². The highest BCUT2D eigenvalue weighted by Gasteiger charge is 2.50. The predicted octanol–water partition coefficient (Wildman–Crippen LogP) is 2.28. The number of carbonyl (C=O) groups is 3. The molecular formula is C19H20F5N3O4. The SMILES string of the molecule is O=C(O)C(F)(F)F.O=C1CCC(Nc2cc(F)c(C3CC4(CNC4)C3)c(F)c2)C(=O)N1. The van der Waals surface area contributed by atoms with Gasteiger partial charge in [0.1, 0.15) is 17.7 Å². The number of imide groups is 1. The average Bonchev–Trinajstić information content (AvgIpc) is 2.57. The number of benzene rings is 1. The van der Waals surface area contributed by atoms with Gasteiger partial charge in [0.15, 0.2) is 0 Å². The van der Waals surface area contributed by atoms with E-state index in [-0.39, 0.29) is 34.9 Å². The minimum atomic E-state index is -5.08. The maximum absolute atomic E-state index is 14.4. The molecule has 170 valence electrons. The standard InChI is InChI=1S/C17H19F2N3O2.C2HF3O2/c18-11-3-10(21-13-1-2-14(23)22-16(13)24)4-12(19)15(11)9-5-17(6-9)7-20-8-17;3-2(4,5)1(6)7/h3-4,9,13,20-21H,1-2,5-8H2,(H,22,23,24);(H,6,7). The molecule has 1 atom stereocenters. The zero-order valence-corrected chi connectivity index (χ0v) is 16.1. The lowest BCUT2D eigenvalue weighted by atomic mass is 9.57. The zero-order chi connectivity index (χ0) is 23.0.